The SMILES string of the molecule is Cc1ccc(F)c(S([NH])(=O)=O)c1. The second kappa shape index (κ2) is 2.84. The molecule has 0 amide bonds. The first-order valence-corrected chi connectivity index (χ1v) is 4.65. The Kier molecular flexibility index (Phi) is 2.16. The molecule has 5 heteroatoms. The van der Waals surface area contributed by atoms with Gasteiger partial charge in [-0.1, -0.05) is 6.07 Å². The Labute approximate surface area is 70.1 Å². The molecule has 0 aliphatic heterocycles. The van der Waals surface area contributed by atoms with Crippen LogP contribution in [0.5, 0.6) is 0 Å². The van der Waals surface area contributed by atoms with Crippen LogP contribution in [0.2, 0.25) is 0 Å². The largest absolute Gasteiger partial charge is 0.257 e. The lowest BCUT2D eigenvalue weighted by molar-refractivity contribution is 0.566. The topological polar surface area (TPSA) is 57.9 Å². The zero-order valence-electron chi connectivity index (χ0n) is 6.33. The fourth-order valence-corrected chi connectivity index (χ4v) is 1.48. The summed E-state index contributed by atoms with van der Waals surface area (Å²) >= 11 is 0. The van der Waals surface area contributed by atoms with Gasteiger partial charge < -0.3 is 0 Å². The van der Waals surface area contributed by atoms with E-state index in [0.717, 1.165) is 12.1 Å². The molecule has 3 nitrogen and oxygen atoms in total. The average Bonchev–Trinajstić information content (AvgIpc) is 1.92. The fourth-order valence-electron chi connectivity index (χ4n) is 0.817. The van der Waals surface area contributed by atoms with E-state index in [1.165, 1.54) is 6.07 Å². The van der Waals surface area contributed by atoms with Crippen LogP contribution in [0.25, 0.3) is 0 Å². The third kappa shape index (κ3) is 1.80. The summed E-state index contributed by atoms with van der Waals surface area (Å²) in [5.41, 5.74) is 0.613. The van der Waals surface area contributed by atoms with E-state index in [0.29, 0.717) is 5.56 Å². The van der Waals surface area contributed by atoms with Crippen LogP contribution in [0.3, 0.4) is 0 Å². The minimum Gasteiger partial charge on any atom is -0.206 e. The van der Waals surface area contributed by atoms with Crippen LogP contribution in [0, 0.1) is 12.7 Å². The summed E-state index contributed by atoms with van der Waals surface area (Å²) in [6.07, 6.45) is 0. The maximum absolute atomic E-state index is 12.8. The third-order valence-corrected chi connectivity index (χ3v) is 2.27. The van der Waals surface area contributed by atoms with Crippen molar-refractivity contribution in [2.24, 2.45) is 0 Å². The lowest BCUT2D eigenvalue weighted by atomic mass is 10.2. The molecular formula is C7H7FNO2S. The van der Waals surface area contributed by atoms with Gasteiger partial charge in [-0.25, -0.2) is 12.8 Å². The Morgan fingerprint density at radius 3 is 2.42 bits per heavy atom. The standard InChI is InChI=1S/C7H7FNO2S/c1-5-2-3-6(8)7(4-5)12(9,10)11/h2-4,9H,1H3. The van der Waals surface area contributed by atoms with Crippen molar-refractivity contribution < 1.29 is 12.8 Å². The first kappa shape index (κ1) is 9.15. The van der Waals surface area contributed by atoms with Gasteiger partial charge in [-0.05, 0) is 24.6 Å². The van der Waals surface area contributed by atoms with Crippen molar-refractivity contribution in [3.05, 3.63) is 29.6 Å². The van der Waals surface area contributed by atoms with Gasteiger partial charge in [0.05, 0.1) is 0 Å². The summed E-state index contributed by atoms with van der Waals surface area (Å²) in [4.78, 5) is -0.567. The van der Waals surface area contributed by atoms with Crippen LogP contribution in [0.1, 0.15) is 5.56 Å². The molecule has 0 saturated heterocycles. The van der Waals surface area contributed by atoms with Crippen molar-refractivity contribution in [2.45, 2.75) is 11.8 Å². The van der Waals surface area contributed by atoms with Gasteiger partial charge in [-0.2, -0.15) is 0 Å². The quantitative estimate of drug-likeness (QED) is 0.662. The highest BCUT2D eigenvalue weighted by molar-refractivity contribution is 7.88. The maximum Gasteiger partial charge on any atom is 0.257 e. The van der Waals surface area contributed by atoms with Crippen LogP contribution in [0.4, 0.5) is 4.39 Å². The molecule has 1 rings (SSSR count). The van der Waals surface area contributed by atoms with Crippen molar-refractivity contribution in [1.82, 2.24) is 5.14 Å². The van der Waals surface area contributed by atoms with E-state index in [1.54, 1.807) is 6.92 Å². The lowest BCUT2D eigenvalue weighted by Crippen LogP contribution is -2.03. The van der Waals surface area contributed by atoms with Crippen molar-refractivity contribution in [3.63, 3.8) is 0 Å². The number of aryl methyl sites for hydroxylation is 1. The Bertz CT molecular complexity index is 400. The van der Waals surface area contributed by atoms with Gasteiger partial charge in [-0.3, -0.25) is 0 Å². The first-order valence-electron chi connectivity index (χ1n) is 3.17. The van der Waals surface area contributed by atoms with Crippen molar-refractivity contribution in [1.29, 1.82) is 0 Å². The highest BCUT2D eigenvalue weighted by Gasteiger charge is 2.14. The molecule has 1 N–H and O–H groups in total. The number of benzene rings is 1. The summed E-state index contributed by atoms with van der Waals surface area (Å²) in [5, 5.41) is 6.64. The second-order valence-electron chi connectivity index (χ2n) is 2.44. The molecule has 0 fully saturated rings. The Morgan fingerprint density at radius 2 is 2.00 bits per heavy atom. The van der Waals surface area contributed by atoms with Gasteiger partial charge in [0.25, 0.3) is 10.0 Å². The molecule has 0 bridgehead atoms. The van der Waals surface area contributed by atoms with E-state index < -0.39 is 20.7 Å². The second-order valence-corrected chi connectivity index (χ2v) is 3.88. The summed E-state index contributed by atoms with van der Waals surface area (Å²) in [7, 11) is -4.18. The molecule has 1 radical (unpaired) electrons. The van der Waals surface area contributed by atoms with Gasteiger partial charge in [0.1, 0.15) is 10.7 Å². The number of rotatable bonds is 1. The van der Waals surface area contributed by atoms with E-state index in [4.69, 9.17) is 5.14 Å². The molecule has 1 aromatic carbocycles. The van der Waals surface area contributed by atoms with E-state index in [9.17, 15) is 12.8 Å². The smallest absolute Gasteiger partial charge is 0.206 e. The molecule has 1 aromatic rings. The summed E-state index contributed by atoms with van der Waals surface area (Å²) in [5.74, 6) is -0.879. The normalized spacial score (nSPS) is 11.6. The fraction of sp³-hybridized carbons (Fsp3) is 0.143. The van der Waals surface area contributed by atoms with Crippen LogP contribution in [-0.2, 0) is 10.0 Å². The van der Waals surface area contributed by atoms with E-state index in [2.05, 4.69) is 0 Å². The Hall–Kier alpha value is -0.940. The predicted molar refractivity (Wildman–Crippen MR) is 41.4 cm³/mol. The molecule has 0 aliphatic rings. The number of sulfonamides is 1. The molecule has 0 unspecified atom stereocenters. The minimum absolute atomic E-state index is 0.567. The molecule has 0 aromatic heterocycles. The van der Waals surface area contributed by atoms with Crippen LogP contribution < -0.4 is 5.14 Å². The number of nitrogens with one attached hydrogen (secondary N) is 1. The molecular weight excluding hydrogens is 181 g/mol. The molecule has 0 spiro atoms. The molecule has 0 atom stereocenters. The Morgan fingerprint density at radius 1 is 1.42 bits per heavy atom. The van der Waals surface area contributed by atoms with E-state index in [-0.39, 0.29) is 0 Å². The Balaban J connectivity index is 3.43. The van der Waals surface area contributed by atoms with Crippen molar-refractivity contribution in [2.75, 3.05) is 0 Å². The van der Waals surface area contributed by atoms with Gasteiger partial charge in [-0.15, -0.1) is 5.14 Å². The third-order valence-electron chi connectivity index (χ3n) is 1.38. The van der Waals surface area contributed by atoms with Crippen LogP contribution in [-0.4, -0.2) is 8.42 Å². The molecule has 0 aliphatic carbocycles. The summed E-state index contributed by atoms with van der Waals surface area (Å²) in [6, 6.07) is 3.62. The number of halogens is 1. The van der Waals surface area contributed by atoms with Crippen LogP contribution in [0.15, 0.2) is 23.1 Å². The van der Waals surface area contributed by atoms with Gasteiger partial charge in [0.2, 0.25) is 0 Å². The minimum atomic E-state index is -4.18. The summed E-state index contributed by atoms with van der Waals surface area (Å²) < 4.78 is 34.0. The highest BCUT2D eigenvalue weighted by Crippen LogP contribution is 2.14. The first-order chi connectivity index (χ1) is 5.41. The van der Waals surface area contributed by atoms with Gasteiger partial charge in [0, 0.05) is 0 Å². The zero-order chi connectivity index (χ0) is 9.35. The molecule has 0 saturated carbocycles. The zero-order valence-corrected chi connectivity index (χ0v) is 7.15. The number of hydrogen-bond donors (Lipinski definition) is 0. The van der Waals surface area contributed by atoms with Gasteiger partial charge >= 0.3 is 0 Å². The van der Waals surface area contributed by atoms with Crippen LogP contribution >= 0.6 is 0 Å². The monoisotopic (exact) mass is 188 g/mol. The predicted octanol–water partition coefficient (Wildman–Crippen LogP) is 1.11. The molecule has 12 heavy (non-hydrogen) atoms. The number of hydrogen-bond acceptors (Lipinski definition) is 2. The lowest BCUT2D eigenvalue weighted by Gasteiger charge is -1.99. The molecule has 0 heterocycles. The van der Waals surface area contributed by atoms with Crippen molar-refractivity contribution >= 4 is 10.0 Å². The molecule has 65 valence electrons. The summed E-state index contributed by atoms with van der Waals surface area (Å²) in [6.45, 7) is 1.63. The highest BCUT2D eigenvalue weighted by atomic mass is 32.2. The average molecular weight is 188 g/mol. The maximum atomic E-state index is 12.8. The van der Waals surface area contributed by atoms with E-state index in [1.807, 2.05) is 0 Å². The van der Waals surface area contributed by atoms with Gasteiger partial charge in [0.15, 0.2) is 0 Å². The van der Waals surface area contributed by atoms with E-state index >= 15 is 0 Å². The van der Waals surface area contributed by atoms with Crippen molar-refractivity contribution in [3.8, 4) is 0 Å².